The number of nitrogens with one attached hydrogen (secondary N) is 1. The van der Waals surface area contributed by atoms with Crippen molar-refractivity contribution >= 4 is 5.97 Å². The summed E-state index contributed by atoms with van der Waals surface area (Å²) in [7, 11) is 1.39. The van der Waals surface area contributed by atoms with E-state index in [9.17, 15) is 4.79 Å². The van der Waals surface area contributed by atoms with Crippen LogP contribution in [-0.2, 0) is 16.0 Å². The Kier molecular flexibility index (Phi) is 4.09. The van der Waals surface area contributed by atoms with E-state index in [4.69, 9.17) is 4.74 Å². The third-order valence-corrected chi connectivity index (χ3v) is 2.92. The lowest BCUT2D eigenvalue weighted by atomic mass is 10.2. The fraction of sp³-hybridized carbons (Fsp3) is 0.583. The van der Waals surface area contributed by atoms with Crippen LogP contribution >= 0.6 is 0 Å². The highest BCUT2D eigenvalue weighted by Gasteiger charge is 2.31. The lowest BCUT2D eigenvalue weighted by molar-refractivity contribution is -0.142. The Labute approximate surface area is 106 Å². The molecule has 1 aromatic heterocycles. The number of carbonyl (C=O) groups excluding carboxylic acids is 1. The molecule has 2 atom stereocenters. The summed E-state index contributed by atoms with van der Waals surface area (Å²) in [4.78, 5) is 19.5. The molecule has 0 aliphatic carbocycles. The Balaban J connectivity index is 1.92. The lowest BCUT2D eigenvalue weighted by Gasteiger charge is -2.12. The Bertz CT molecular complexity index is 425. The highest BCUT2D eigenvalue weighted by Crippen LogP contribution is 2.16. The van der Waals surface area contributed by atoms with Crippen LogP contribution in [0.4, 0.5) is 0 Å². The van der Waals surface area contributed by atoms with Gasteiger partial charge in [0.25, 0.3) is 0 Å². The van der Waals surface area contributed by atoms with Gasteiger partial charge in [-0.05, 0) is 6.42 Å². The number of aromatic nitrogens is 2. The molecular formula is C12H17N3O3. The molecule has 1 N–H and O–H groups in total. The summed E-state index contributed by atoms with van der Waals surface area (Å²) < 4.78 is 10.4. The van der Waals surface area contributed by atoms with E-state index < -0.39 is 0 Å². The van der Waals surface area contributed by atoms with Gasteiger partial charge in [0.15, 0.2) is 0 Å². The van der Waals surface area contributed by atoms with Gasteiger partial charge in [-0.1, -0.05) is 6.92 Å². The average molecular weight is 251 g/mol. The summed E-state index contributed by atoms with van der Waals surface area (Å²) >= 11 is 0. The molecule has 0 bridgehead atoms. The lowest BCUT2D eigenvalue weighted by Crippen LogP contribution is -2.31. The van der Waals surface area contributed by atoms with Crippen LogP contribution in [0.2, 0.25) is 0 Å². The Hall–Kier alpha value is -1.69. The molecule has 1 aromatic rings. The number of hydrogen-bond acceptors (Lipinski definition) is 6. The van der Waals surface area contributed by atoms with E-state index in [1.54, 1.807) is 0 Å². The first kappa shape index (κ1) is 12.8. The molecule has 0 saturated carbocycles. The van der Waals surface area contributed by atoms with Gasteiger partial charge in [-0.25, -0.2) is 9.97 Å². The standard InChI is InChI=1S/C12H17N3O3/c1-3-8-4-11(15-7-14-8)18-9-5-10(13-6-9)12(16)17-2/h4,7,9-10,13H,3,5-6H2,1-2H3/t9-,10+/m1/s1. The fourth-order valence-electron chi connectivity index (χ4n) is 1.92. The van der Waals surface area contributed by atoms with Crippen LogP contribution in [0.5, 0.6) is 5.88 Å². The summed E-state index contributed by atoms with van der Waals surface area (Å²) in [5, 5.41) is 3.06. The Morgan fingerprint density at radius 1 is 1.56 bits per heavy atom. The largest absolute Gasteiger partial charge is 0.473 e. The molecule has 1 fully saturated rings. The molecule has 0 aromatic carbocycles. The minimum Gasteiger partial charge on any atom is -0.473 e. The zero-order chi connectivity index (χ0) is 13.0. The van der Waals surface area contributed by atoms with Crippen LogP contribution in [0.25, 0.3) is 0 Å². The summed E-state index contributed by atoms with van der Waals surface area (Å²) in [5.41, 5.74) is 0.940. The second kappa shape index (κ2) is 5.77. The van der Waals surface area contributed by atoms with Gasteiger partial charge in [0, 0.05) is 24.7 Å². The normalized spacial score (nSPS) is 22.8. The summed E-state index contributed by atoms with van der Waals surface area (Å²) in [6, 6.07) is 1.54. The molecule has 18 heavy (non-hydrogen) atoms. The van der Waals surface area contributed by atoms with E-state index in [0.717, 1.165) is 12.1 Å². The molecule has 1 saturated heterocycles. The number of esters is 1. The fourth-order valence-corrected chi connectivity index (χ4v) is 1.92. The molecule has 0 unspecified atom stereocenters. The van der Waals surface area contributed by atoms with E-state index >= 15 is 0 Å². The Morgan fingerprint density at radius 3 is 3.11 bits per heavy atom. The maximum atomic E-state index is 11.3. The van der Waals surface area contributed by atoms with Crippen molar-refractivity contribution < 1.29 is 14.3 Å². The number of methoxy groups -OCH3 is 1. The number of aryl methyl sites for hydroxylation is 1. The molecule has 6 heteroatoms. The van der Waals surface area contributed by atoms with Crippen molar-refractivity contribution in [3.05, 3.63) is 18.1 Å². The zero-order valence-electron chi connectivity index (χ0n) is 10.5. The maximum absolute atomic E-state index is 11.3. The summed E-state index contributed by atoms with van der Waals surface area (Å²) in [6.45, 7) is 2.64. The first-order valence-corrected chi connectivity index (χ1v) is 6.01. The second-order valence-electron chi connectivity index (χ2n) is 4.16. The number of ether oxygens (including phenoxy) is 2. The van der Waals surface area contributed by atoms with Gasteiger partial charge in [-0.15, -0.1) is 0 Å². The van der Waals surface area contributed by atoms with Crippen LogP contribution in [0.1, 0.15) is 19.0 Å². The highest BCUT2D eigenvalue weighted by atomic mass is 16.5. The predicted octanol–water partition coefficient (Wildman–Crippen LogP) is 0.321. The van der Waals surface area contributed by atoms with Crippen LogP contribution < -0.4 is 10.1 Å². The first-order chi connectivity index (χ1) is 8.72. The third-order valence-electron chi connectivity index (χ3n) is 2.92. The van der Waals surface area contributed by atoms with Gasteiger partial charge in [0.1, 0.15) is 18.5 Å². The third kappa shape index (κ3) is 2.95. The van der Waals surface area contributed by atoms with E-state index in [1.165, 1.54) is 13.4 Å². The molecule has 0 radical (unpaired) electrons. The molecule has 2 rings (SSSR count). The van der Waals surface area contributed by atoms with Crippen molar-refractivity contribution in [3.63, 3.8) is 0 Å². The van der Waals surface area contributed by atoms with E-state index in [0.29, 0.717) is 18.8 Å². The van der Waals surface area contributed by atoms with Crippen molar-refractivity contribution in [2.24, 2.45) is 0 Å². The van der Waals surface area contributed by atoms with Crippen molar-refractivity contribution in [1.82, 2.24) is 15.3 Å². The van der Waals surface area contributed by atoms with Crippen LogP contribution in [0, 0.1) is 0 Å². The van der Waals surface area contributed by atoms with E-state index in [2.05, 4.69) is 20.0 Å². The number of rotatable bonds is 4. The molecule has 98 valence electrons. The SMILES string of the molecule is CCc1cc(O[C@H]2CN[C@H](C(=O)OC)C2)ncn1. The van der Waals surface area contributed by atoms with E-state index in [-0.39, 0.29) is 18.1 Å². The van der Waals surface area contributed by atoms with Crippen LogP contribution in [0.15, 0.2) is 12.4 Å². The van der Waals surface area contributed by atoms with Gasteiger partial charge in [0.2, 0.25) is 5.88 Å². The molecule has 1 aliphatic rings. The zero-order valence-corrected chi connectivity index (χ0v) is 10.5. The van der Waals surface area contributed by atoms with Gasteiger partial charge in [0.05, 0.1) is 7.11 Å². The minimum atomic E-state index is -0.285. The molecular weight excluding hydrogens is 234 g/mol. The molecule has 1 aliphatic heterocycles. The minimum absolute atomic E-state index is 0.0614. The van der Waals surface area contributed by atoms with Crippen LogP contribution in [-0.4, -0.2) is 41.7 Å². The van der Waals surface area contributed by atoms with Crippen molar-refractivity contribution in [2.45, 2.75) is 31.9 Å². The molecule has 6 nitrogen and oxygen atoms in total. The number of nitrogens with zero attached hydrogens (tertiary/aromatic N) is 2. The Morgan fingerprint density at radius 2 is 2.39 bits per heavy atom. The average Bonchev–Trinajstić information content (AvgIpc) is 2.86. The topological polar surface area (TPSA) is 73.3 Å². The van der Waals surface area contributed by atoms with Crippen molar-refractivity contribution in [1.29, 1.82) is 0 Å². The summed E-state index contributed by atoms with van der Waals surface area (Å²) in [6.07, 6.45) is 2.87. The monoisotopic (exact) mass is 251 g/mol. The van der Waals surface area contributed by atoms with Gasteiger partial charge >= 0.3 is 5.97 Å². The van der Waals surface area contributed by atoms with Crippen LogP contribution in [0.3, 0.4) is 0 Å². The van der Waals surface area contributed by atoms with Gasteiger partial charge < -0.3 is 14.8 Å². The smallest absolute Gasteiger partial charge is 0.323 e. The molecule has 0 amide bonds. The highest BCUT2D eigenvalue weighted by molar-refractivity contribution is 5.76. The van der Waals surface area contributed by atoms with Crippen molar-refractivity contribution in [3.8, 4) is 5.88 Å². The predicted molar refractivity (Wildman–Crippen MR) is 64.2 cm³/mol. The van der Waals surface area contributed by atoms with Gasteiger partial charge in [-0.2, -0.15) is 0 Å². The van der Waals surface area contributed by atoms with Gasteiger partial charge in [-0.3, -0.25) is 4.79 Å². The van der Waals surface area contributed by atoms with E-state index in [1.807, 2.05) is 13.0 Å². The molecule has 2 heterocycles. The summed E-state index contributed by atoms with van der Waals surface area (Å²) in [5.74, 6) is 0.303. The first-order valence-electron chi connectivity index (χ1n) is 6.01. The number of hydrogen-bond donors (Lipinski definition) is 1. The maximum Gasteiger partial charge on any atom is 0.323 e. The molecule has 0 spiro atoms. The quantitative estimate of drug-likeness (QED) is 0.777. The van der Waals surface area contributed by atoms with Crippen molar-refractivity contribution in [2.75, 3.05) is 13.7 Å². The second-order valence-corrected chi connectivity index (χ2v) is 4.16. The number of carbonyl (C=O) groups is 1.